The molecule has 1 aromatic rings. The SMILES string of the molecule is C=C1NC(N)=Nc2c1ncn2C(C)C(C)C(C)(CC)COP(O)(=CCC)OP(O)(=CCC)OP(O)(O)=CCC. The van der Waals surface area contributed by atoms with Crippen LogP contribution in [0.3, 0.4) is 0 Å². The minimum atomic E-state index is -4.01. The molecule has 2 heterocycles. The van der Waals surface area contributed by atoms with Crippen LogP contribution in [0.4, 0.5) is 5.82 Å². The Kier molecular flexibility index (Phi) is 11.9. The lowest BCUT2D eigenvalue weighted by Crippen LogP contribution is -2.35. The van der Waals surface area contributed by atoms with Gasteiger partial charge in [0.05, 0.1) is 18.6 Å². The van der Waals surface area contributed by atoms with Gasteiger partial charge < -0.3 is 39.7 Å². The lowest BCUT2D eigenvalue weighted by molar-refractivity contribution is 0.0624. The molecule has 12 nitrogen and oxygen atoms in total. The number of hydrogen-bond acceptors (Lipinski definition) is 11. The molecule has 2 rings (SSSR count). The predicted molar refractivity (Wildman–Crippen MR) is 165 cm³/mol. The standard InChI is InChI=1S/C24H46N5O7P3/c1-9-13-37(30,31)35-39(33,15-11-3)36-38(32,14-10-2)34-16-24(8,12-4)18(5)20(7)29-17-26-21-19(6)27-23(25)28-22(21)29/h13-15,17-18,20,30-33H,6,9-12,16H2,1-5,7-8H3,(H3,25,27,28). The van der Waals surface area contributed by atoms with Gasteiger partial charge in [-0.2, -0.15) is 4.99 Å². The number of aliphatic imine (C=N–C) groups is 1. The maximum Gasteiger partial charge on any atom is 0.264 e. The van der Waals surface area contributed by atoms with E-state index >= 15 is 0 Å². The highest BCUT2D eigenvalue weighted by Crippen LogP contribution is 2.68. The van der Waals surface area contributed by atoms with Gasteiger partial charge in [0.1, 0.15) is 5.69 Å². The van der Waals surface area contributed by atoms with E-state index < -0.39 is 28.1 Å². The topological polar surface area (TPSA) is 177 Å². The van der Waals surface area contributed by atoms with E-state index in [2.05, 4.69) is 42.6 Å². The molecule has 0 aromatic carbocycles. The first-order valence-electron chi connectivity index (χ1n) is 13.1. The van der Waals surface area contributed by atoms with Gasteiger partial charge in [0.2, 0.25) is 0 Å². The first-order chi connectivity index (χ1) is 18.1. The van der Waals surface area contributed by atoms with Gasteiger partial charge in [0.25, 0.3) is 22.7 Å². The van der Waals surface area contributed by atoms with Gasteiger partial charge in [-0.15, -0.1) is 0 Å². The van der Waals surface area contributed by atoms with Crippen LogP contribution in [0, 0.1) is 11.3 Å². The van der Waals surface area contributed by atoms with E-state index in [1.807, 2.05) is 11.5 Å². The third kappa shape index (κ3) is 8.66. The molecule has 39 heavy (non-hydrogen) atoms. The summed E-state index contributed by atoms with van der Waals surface area (Å²) >= 11 is 0. The second-order valence-electron chi connectivity index (χ2n) is 9.89. The van der Waals surface area contributed by atoms with Gasteiger partial charge in [0.15, 0.2) is 11.8 Å². The second kappa shape index (κ2) is 13.7. The van der Waals surface area contributed by atoms with Crippen LogP contribution in [0.25, 0.3) is 5.70 Å². The molecule has 0 aliphatic carbocycles. The largest absolute Gasteiger partial charge is 0.369 e. The van der Waals surface area contributed by atoms with E-state index in [4.69, 9.17) is 18.9 Å². The Morgan fingerprint density at radius 3 is 2.21 bits per heavy atom. The van der Waals surface area contributed by atoms with Gasteiger partial charge in [-0.05, 0) is 61.3 Å². The van der Waals surface area contributed by atoms with Crippen molar-refractivity contribution in [2.45, 2.75) is 80.2 Å². The number of nitrogens with two attached hydrogens (primary N) is 1. The molecule has 0 fully saturated rings. The maximum absolute atomic E-state index is 11.4. The van der Waals surface area contributed by atoms with Crippen LogP contribution in [0.5, 0.6) is 0 Å². The Balaban J connectivity index is 2.34. The monoisotopic (exact) mass is 609 g/mol. The van der Waals surface area contributed by atoms with E-state index in [1.165, 1.54) is 17.4 Å². The van der Waals surface area contributed by atoms with Crippen LogP contribution in [-0.2, 0) is 13.1 Å². The van der Waals surface area contributed by atoms with Crippen LogP contribution in [0.15, 0.2) is 17.9 Å². The molecule has 224 valence electrons. The van der Waals surface area contributed by atoms with Gasteiger partial charge in [-0.1, -0.05) is 48.1 Å². The minimum Gasteiger partial charge on any atom is -0.369 e. The fourth-order valence-corrected chi connectivity index (χ4v) is 10.6. The molecule has 0 saturated heterocycles. The molecular formula is C24H46N5O7P3. The van der Waals surface area contributed by atoms with Crippen molar-refractivity contribution in [3.63, 3.8) is 0 Å². The summed E-state index contributed by atoms with van der Waals surface area (Å²) in [6, 6.07) is -0.0836. The Labute approximate surface area is 232 Å². The van der Waals surface area contributed by atoms with E-state index in [-0.39, 0.29) is 24.5 Å². The summed E-state index contributed by atoms with van der Waals surface area (Å²) in [5.41, 5.74) is 6.67. The van der Waals surface area contributed by atoms with Gasteiger partial charge >= 0.3 is 0 Å². The highest BCUT2D eigenvalue weighted by atomic mass is 31.3. The van der Waals surface area contributed by atoms with Crippen LogP contribution >= 0.6 is 22.7 Å². The van der Waals surface area contributed by atoms with Crippen molar-refractivity contribution in [1.29, 1.82) is 0 Å². The third-order valence-electron chi connectivity index (χ3n) is 6.93. The molecule has 0 bridgehead atoms. The highest BCUT2D eigenvalue weighted by Gasteiger charge is 2.38. The normalized spacial score (nSPS) is 19.9. The van der Waals surface area contributed by atoms with E-state index in [1.54, 1.807) is 27.1 Å². The van der Waals surface area contributed by atoms with Crippen LogP contribution < -0.4 is 11.1 Å². The van der Waals surface area contributed by atoms with Crippen LogP contribution in [0.1, 0.15) is 85.9 Å². The molecule has 15 heteroatoms. The molecule has 7 N–H and O–H groups in total. The summed E-state index contributed by atoms with van der Waals surface area (Å²) < 4.78 is 19.1. The number of imidazole rings is 1. The summed E-state index contributed by atoms with van der Waals surface area (Å²) in [5, 5.41) is 2.89. The number of nitrogens with one attached hydrogen (secondary N) is 1. The number of aromatic nitrogens is 2. The molecule has 0 saturated carbocycles. The lowest BCUT2D eigenvalue weighted by atomic mass is 9.73. The summed E-state index contributed by atoms with van der Waals surface area (Å²) in [4.78, 5) is 51.9. The number of nitrogens with zero attached hydrogens (tertiary/aromatic N) is 3. The molecule has 0 spiro atoms. The molecule has 1 aliphatic rings. The Morgan fingerprint density at radius 2 is 1.64 bits per heavy atom. The fraction of sp³-hybridized carbons (Fsp3) is 0.625. The highest BCUT2D eigenvalue weighted by molar-refractivity contribution is 7.77. The summed E-state index contributed by atoms with van der Waals surface area (Å²) in [7, 11) is -11.8. The Hall–Kier alpha value is -1.16. The number of guanidine groups is 1. The Bertz CT molecular complexity index is 1220. The van der Waals surface area contributed by atoms with Gasteiger partial charge in [0, 0.05) is 6.04 Å². The summed E-state index contributed by atoms with van der Waals surface area (Å²) in [6.07, 6.45) is 3.43. The average Bonchev–Trinajstić information content (AvgIpc) is 3.25. The maximum atomic E-state index is 11.4. The number of hydrogen-bond donors (Lipinski definition) is 6. The number of fused-ring (bicyclic) bond motifs is 1. The minimum absolute atomic E-state index is 0.00444. The molecule has 5 atom stereocenters. The molecular weight excluding hydrogens is 563 g/mol. The zero-order valence-electron chi connectivity index (χ0n) is 24.0. The average molecular weight is 610 g/mol. The van der Waals surface area contributed by atoms with Crippen molar-refractivity contribution >= 4 is 57.6 Å². The van der Waals surface area contributed by atoms with Gasteiger partial charge in [-0.25, -0.2) is 13.6 Å². The number of rotatable bonds is 14. The van der Waals surface area contributed by atoms with Crippen molar-refractivity contribution in [3.05, 3.63) is 18.6 Å². The lowest BCUT2D eigenvalue weighted by Gasteiger charge is -2.40. The predicted octanol–water partition coefficient (Wildman–Crippen LogP) is 4.96. The van der Waals surface area contributed by atoms with Gasteiger partial charge in [-0.3, -0.25) is 0 Å². The van der Waals surface area contributed by atoms with E-state index in [0.717, 1.165) is 0 Å². The molecule has 1 aliphatic heterocycles. The summed E-state index contributed by atoms with van der Waals surface area (Å²) in [6.45, 7) is 17.6. The van der Waals surface area contributed by atoms with Crippen molar-refractivity contribution in [2.24, 2.45) is 22.1 Å². The fourth-order valence-electron chi connectivity index (χ4n) is 4.21. The quantitative estimate of drug-likeness (QED) is 0.158. The molecule has 0 radical (unpaired) electrons. The van der Waals surface area contributed by atoms with Crippen molar-refractivity contribution in [3.8, 4) is 0 Å². The first kappa shape index (κ1) is 34.0. The summed E-state index contributed by atoms with van der Waals surface area (Å²) in [5.74, 6) is 4.82. The molecule has 1 aromatic heterocycles. The third-order valence-corrected chi connectivity index (χ3v) is 13.7. The zero-order valence-corrected chi connectivity index (χ0v) is 26.7. The van der Waals surface area contributed by atoms with Crippen molar-refractivity contribution in [2.75, 3.05) is 6.61 Å². The first-order valence-corrected chi connectivity index (χ1v) is 18.1. The second-order valence-corrected chi connectivity index (χ2v) is 16.0. The van der Waals surface area contributed by atoms with Crippen molar-refractivity contribution in [1.82, 2.24) is 14.9 Å². The van der Waals surface area contributed by atoms with E-state index in [9.17, 15) is 19.6 Å². The molecule has 5 unspecified atom stereocenters. The van der Waals surface area contributed by atoms with Crippen LogP contribution in [-0.4, -0.2) is 59.1 Å². The van der Waals surface area contributed by atoms with Crippen molar-refractivity contribution < 1.29 is 32.7 Å². The Morgan fingerprint density at radius 1 is 1.05 bits per heavy atom. The van der Waals surface area contributed by atoms with E-state index in [0.29, 0.717) is 42.9 Å². The molecule has 0 amide bonds. The smallest absolute Gasteiger partial charge is 0.264 e. The zero-order chi connectivity index (χ0) is 29.6. The van der Waals surface area contributed by atoms with Crippen LogP contribution in [0.2, 0.25) is 0 Å².